The Kier molecular flexibility index (Phi) is 4.39. The van der Waals surface area contributed by atoms with Crippen LogP contribution in [-0.4, -0.2) is 32.4 Å². The fraction of sp³-hybridized carbons (Fsp3) is 0.154. The van der Waals surface area contributed by atoms with Crippen molar-refractivity contribution < 1.29 is 9.59 Å². The summed E-state index contributed by atoms with van der Waals surface area (Å²) in [6, 6.07) is 6.25. The van der Waals surface area contributed by atoms with Crippen LogP contribution in [0.1, 0.15) is 34.7 Å². The van der Waals surface area contributed by atoms with Gasteiger partial charge in [-0.05, 0) is 30.7 Å². The molecule has 0 aliphatic heterocycles. The molecule has 21 heavy (non-hydrogen) atoms. The van der Waals surface area contributed by atoms with Crippen molar-refractivity contribution in [3.8, 4) is 0 Å². The van der Waals surface area contributed by atoms with E-state index in [1.54, 1.807) is 37.3 Å². The molecular weight excluding hydrogens is 272 g/mol. The highest BCUT2D eigenvalue weighted by Gasteiger charge is 2.11. The lowest BCUT2D eigenvalue weighted by Crippen LogP contribution is -2.25. The molecule has 0 spiro atoms. The number of tetrazole rings is 1. The zero-order valence-corrected chi connectivity index (χ0v) is 11.3. The first-order valence-corrected chi connectivity index (χ1v) is 6.18. The molecule has 0 aliphatic carbocycles. The molecule has 1 aromatic carbocycles. The van der Waals surface area contributed by atoms with Crippen molar-refractivity contribution in [1.29, 1.82) is 0 Å². The number of carbonyl (C=O) groups excluding carboxylic acids is 2. The normalized spacial score (nSPS) is 12.2. The molecule has 8 nitrogen and oxygen atoms in total. The lowest BCUT2D eigenvalue weighted by molar-refractivity contribution is -0.117. The van der Waals surface area contributed by atoms with Crippen LogP contribution in [0.15, 0.2) is 30.3 Å². The van der Waals surface area contributed by atoms with Gasteiger partial charge in [-0.25, -0.2) is 0 Å². The first-order valence-electron chi connectivity index (χ1n) is 6.18. The minimum atomic E-state index is -0.489. The number of hydrogen-bond donors (Lipinski definition) is 3. The maximum Gasteiger partial charge on any atom is 0.248 e. The Balaban J connectivity index is 1.94. The topological polar surface area (TPSA) is 127 Å². The van der Waals surface area contributed by atoms with Crippen molar-refractivity contribution in [3.63, 3.8) is 0 Å². The summed E-state index contributed by atoms with van der Waals surface area (Å²) in [7, 11) is 0. The second-order valence-electron chi connectivity index (χ2n) is 4.32. The first-order chi connectivity index (χ1) is 10.1. The van der Waals surface area contributed by atoms with Gasteiger partial charge < -0.3 is 11.1 Å². The SMILES string of the molecule is CC(NC(=O)C=Cc1ccc(C(N)=O)cc1)c1nn[nH]n1. The van der Waals surface area contributed by atoms with Crippen LogP contribution in [0.4, 0.5) is 0 Å². The molecule has 0 bridgehead atoms. The van der Waals surface area contributed by atoms with Gasteiger partial charge in [0.2, 0.25) is 11.8 Å². The quantitative estimate of drug-likeness (QED) is 0.676. The zero-order valence-electron chi connectivity index (χ0n) is 11.3. The molecule has 1 heterocycles. The highest BCUT2D eigenvalue weighted by atomic mass is 16.1. The number of hydrogen-bond acceptors (Lipinski definition) is 5. The third-order valence-corrected chi connectivity index (χ3v) is 2.73. The van der Waals surface area contributed by atoms with Crippen LogP contribution in [0.25, 0.3) is 6.08 Å². The predicted molar refractivity (Wildman–Crippen MR) is 74.7 cm³/mol. The van der Waals surface area contributed by atoms with Crippen molar-refractivity contribution in [2.45, 2.75) is 13.0 Å². The van der Waals surface area contributed by atoms with Crippen LogP contribution in [0.2, 0.25) is 0 Å². The van der Waals surface area contributed by atoms with Crippen LogP contribution in [0, 0.1) is 0 Å². The third-order valence-electron chi connectivity index (χ3n) is 2.73. The molecule has 1 aromatic heterocycles. The molecule has 0 saturated carbocycles. The molecule has 4 N–H and O–H groups in total. The van der Waals surface area contributed by atoms with E-state index in [9.17, 15) is 9.59 Å². The summed E-state index contributed by atoms with van der Waals surface area (Å²) in [5.74, 6) is -0.369. The molecule has 0 fully saturated rings. The van der Waals surface area contributed by atoms with Gasteiger partial charge in [0, 0.05) is 11.6 Å². The number of aromatic amines is 1. The Labute approximate surface area is 120 Å². The predicted octanol–water partition coefficient (Wildman–Crippen LogP) is 0.189. The maximum atomic E-state index is 11.7. The standard InChI is InChI=1S/C13H14N6O2/c1-8(13-16-18-19-17-13)15-11(20)7-4-9-2-5-10(6-3-9)12(14)21/h2-8H,1H3,(H2,14,21)(H,15,20)(H,16,17,18,19). The van der Waals surface area contributed by atoms with Crippen molar-refractivity contribution in [2.24, 2.45) is 5.73 Å². The summed E-state index contributed by atoms with van der Waals surface area (Å²) in [5.41, 5.74) is 6.35. The lowest BCUT2D eigenvalue weighted by Gasteiger charge is -2.06. The summed E-state index contributed by atoms with van der Waals surface area (Å²) >= 11 is 0. The van der Waals surface area contributed by atoms with E-state index in [0.29, 0.717) is 11.4 Å². The van der Waals surface area contributed by atoms with Gasteiger partial charge in [0.25, 0.3) is 0 Å². The van der Waals surface area contributed by atoms with Gasteiger partial charge in [0.15, 0.2) is 5.82 Å². The largest absolute Gasteiger partial charge is 0.366 e. The molecule has 0 aliphatic rings. The van der Waals surface area contributed by atoms with Crippen molar-refractivity contribution in [2.75, 3.05) is 0 Å². The van der Waals surface area contributed by atoms with E-state index in [1.165, 1.54) is 6.08 Å². The number of amides is 2. The van der Waals surface area contributed by atoms with Gasteiger partial charge in [0.05, 0.1) is 6.04 Å². The van der Waals surface area contributed by atoms with E-state index < -0.39 is 5.91 Å². The summed E-state index contributed by atoms with van der Waals surface area (Å²) in [6.07, 6.45) is 3.01. The van der Waals surface area contributed by atoms with Crippen molar-refractivity contribution in [3.05, 3.63) is 47.3 Å². The molecule has 108 valence electrons. The van der Waals surface area contributed by atoms with Gasteiger partial charge in [0.1, 0.15) is 0 Å². The molecule has 1 atom stereocenters. The second-order valence-corrected chi connectivity index (χ2v) is 4.32. The lowest BCUT2D eigenvalue weighted by atomic mass is 10.1. The van der Waals surface area contributed by atoms with E-state index in [-0.39, 0.29) is 11.9 Å². The monoisotopic (exact) mass is 286 g/mol. The summed E-state index contributed by atoms with van der Waals surface area (Å²) in [4.78, 5) is 22.7. The number of primary amides is 1. The van der Waals surface area contributed by atoms with Crippen LogP contribution >= 0.6 is 0 Å². The van der Waals surface area contributed by atoms with E-state index in [2.05, 4.69) is 25.9 Å². The molecule has 2 amide bonds. The molecule has 2 aromatic rings. The van der Waals surface area contributed by atoms with Gasteiger partial charge in [-0.2, -0.15) is 5.21 Å². The zero-order chi connectivity index (χ0) is 15.2. The molecular formula is C13H14N6O2. The number of nitrogens with two attached hydrogens (primary N) is 1. The van der Waals surface area contributed by atoms with Crippen LogP contribution < -0.4 is 11.1 Å². The number of nitrogens with one attached hydrogen (secondary N) is 2. The smallest absolute Gasteiger partial charge is 0.248 e. The highest BCUT2D eigenvalue weighted by molar-refractivity contribution is 5.94. The average Bonchev–Trinajstić information content (AvgIpc) is 3.00. The number of carbonyl (C=O) groups is 2. The minimum absolute atomic E-state index is 0.286. The fourth-order valence-corrected chi connectivity index (χ4v) is 1.61. The fourth-order valence-electron chi connectivity index (χ4n) is 1.61. The van der Waals surface area contributed by atoms with Crippen LogP contribution in [-0.2, 0) is 4.79 Å². The third kappa shape index (κ3) is 3.96. The maximum absolute atomic E-state index is 11.7. The summed E-state index contributed by atoms with van der Waals surface area (Å²) in [5, 5.41) is 16.0. The Bertz CT molecular complexity index is 648. The van der Waals surface area contributed by atoms with Crippen LogP contribution in [0.3, 0.4) is 0 Å². The highest BCUT2D eigenvalue weighted by Crippen LogP contribution is 2.07. The Morgan fingerprint density at radius 2 is 2.05 bits per heavy atom. The number of H-pyrrole nitrogens is 1. The minimum Gasteiger partial charge on any atom is -0.366 e. The molecule has 2 rings (SSSR count). The van der Waals surface area contributed by atoms with E-state index in [4.69, 9.17) is 5.73 Å². The number of aromatic nitrogens is 4. The van der Waals surface area contributed by atoms with E-state index in [1.807, 2.05) is 0 Å². The van der Waals surface area contributed by atoms with Crippen LogP contribution in [0.5, 0.6) is 0 Å². The van der Waals surface area contributed by atoms with Gasteiger partial charge in [-0.15, -0.1) is 10.2 Å². The number of nitrogens with zero attached hydrogens (tertiary/aromatic N) is 3. The second kappa shape index (κ2) is 6.42. The van der Waals surface area contributed by atoms with E-state index in [0.717, 1.165) is 5.56 Å². The Morgan fingerprint density at radius 1 is 1.33 bits per heavy atom. The van der Waals surface area contributed by atoms with Gasteiger partial charge in [-0.1, -0.05) is 17.3 Å². The summed E-state index contributed by atoms with van der Waals surface area (Å²) in [6.45, 7) is 1.75. The average molecular weight is 286 g/mol. The van der Waals surface area contributed by atoms with E-state index >= 15 is 0 Å². The molecule has 1 unspecified atom stereocenters. The van der Waals surface area contributed by atoms with Crippen molar-refractivity contribution >= 4 is 17.9 Å². The van der Waals surface area contributed by atoms with Crippen molar-refractivity contribution in [1.82, 2.24) is 25.9 Å². The Hall–Kier alpha value is -3.03. The van der Waals surface area contributed by atoms with Gasteiger partial charge >= 0.3 is 0 Å². The molecule has 8 heteroatoms. The number of benzene rings is 1. The van der Waals surface area contributed by atoms with Gasteiger partial charge in [-0.3, -0.25) is 9.59 Å². The molecule has 0 radical (unpaired) electrons. The summed E-state index contributed by atoms with van der Waals surface area (Å²) < 4.78 is 0. The Morgan fingerprint density at radius 3 is 2.62 bits per heavy atom. The molecule has 0 saturated heterocycles. The number of rotatable bonds is 5. The first kappa shape index (κ1) is 14.4.